The predicted molar refractivity (Wildman–Crippen MR) is 113 cm³/mol. The van der Waals surface area contributed by atoms with E-state index < -0.39 is 0 Å². The summed E-state index contributed by atoms with van der Waals surface area (Å²) in [7, 11) is 0. The van der Waals surface area contributed by atoms with Gasteiger partial charge in [0.05, 0.1) is 6.61 Å². The smallest absolute Gasteiger partial charge is 0.251 e. The van der Waals surface area contributed by atoms with E-state index in [1.165, 1.54) is 38.6 Å². The van der Waals surface area contributed by atoms with Crippen LogP contribution in [0.2, 0.25) is 0 Å². The van der Waals surface area contributed by atoms with E-state index in [4.69, 9.17) is 10.5 Å². The van der Waals surface area contributed by atoms with Gasteiger partial charge in [-0.2, -0.15) is 0 Å². The molecule has 0 bridgehead atoms. The van der Waals surface area contributed by atoms with Crippen LogP contribution in [0.5, 0.6) is 0 Å². The summed E-state index contributed by atoms with van der Waals surface area (Å²) in [5.74, 6) is 1.26. The number of carbonyl (C=O) groups is 1. The molecule has 0 spiro atoms. The van der Waals surface area contributed by atoms with E-state index in [9.17, 15) is 4.79 Å². The lowest BCUT2D eigenvalue weighted by Crippen LogP contribution is -2.48. The average Bonchev–Trinajstić information content (AvgIpc) is 2.74. The van der Waals surface area contributed by atoms with Crippen molar-refractivity contribution in [3.63, 3.8) is 0 Å². The molecule has 2 fully saturated rings. The molecule has 1 aromatic carbocycles. The molecule has 0 radical (unpaired) electrons. The van der Waals surface area contributed by atoms with Crippen LogP contribution < -0.4 is 11.1 Å². The quantitative estimate of drug-likeness (QED) is 0.719. The van der Waals surface area contributed by atoms with Crippen LogP contribution in [-0.2, 0) is 11.3 Å². The number of piperidine rings is 1. The summed E-state index contributed by atoms with van der Waals surface area (Å²) in [6.07, 6.45) is 7.32. The topological polar surface area (TPSA) is 67.6 Å². The van der Waals surface area contributed by atoms with Gasteiger partial charge in [-0.1, -0.05) is 25.0 Å². The minimum atomic E-state index is 0.0494. The third-order valence-electron chi connectivity index (χ3n) is 6.33. The van der Waals surface area contributed by atoms with Crippen LogP contribution in [0.3, 0.4) is 0 Å². The van der Waals surface area contributed by atoms with Crippen molar-refractivity contribution in [1.29, 1.82) is 0 Å². The molecule has 3 N–H and O–H groups in total. The second-order valence-electron chi connectivity index (χ2n) is 8.45. The molecule has 1 saturated heterocycles. The number of likely N-dealkylation sites (tertiary alicyclic amines) is 1. The number of carbonyl (C=O) groups excluding carboxylic acids is 1. The van der Waals surface area contributed by atoms with Gasteiger partial charge in [-0.25, -0.2) is 0 Å². The molecule has 0 aromatic heterocycles. The molecule has 5 heteroatoms. The Labute approximate surface area is 170 Å². The third kappa shape index (κ3) is 6.03. The Morgan fingerprint density at radius 1 is 1.18 bits per heavy atom. The number of nitrogens with one attached hydrogen (secondary N) is 1. The van der Waals surface area contributed by atoms with E-state index in [0.29, 0.717) is 18.4 Å². The molecule has 1 aliphatic carbocycles. The first kappa shape index (κ1) is 21.3. The summed E-state index contributed by atoms with van der Waals surface area (Å²) in [6.45, 7) is 7.68. The molecule has 0 unspecified atom stereocenters. The van der Waals surface area contributed by atoms with Crippen molar-refractivity contribution >= 4 is 5.91 Å². The molecule has 1 aromatic rings. The van der Waals surface area contributed by atoms with Crippen LogP contribution in [0.25, 0.3) is 0 Å². The number of rotatable bonds is 8. The van der Waals surface area contributed by atoms with Crippen molar-refractivity contribution in [2.24, 2.45) is 17.6 Å². The standard InChI is InChI=1S/C23H37N3O2/c1-2-28-17-19-6-5-13-26(15-19)16-21-7-3-4-8-22(21)25-23(27)20-11-9-18(14-24)10-12-20/h9-12,19,21-22H,2-8,13-17,24H2,1H3,(H,25,27)/t19-,21-,22+/m1/s1. The van der Waals surface area contributed by atoms with Crippen molar-refractivity contribution in [3.05, 3.63) is 35.4 Å². The highest BCUT2D eigenvalue weighted by Crippen LogP contribution is 2.27. The summed E-state index contributed by atoms with van der Waals surface area (Å²) >= 11 is 0. The molecule has 2 aliphatic rings. The zero-order valence-corrected chi connectivity index (χ0v) is 17.4. The van der Waals surface area contributed by atoms with E-state index >= 15 is 0 Å². The summed E-state index contributed by atoms with van der Waals surface area (Å²) in [5, 5.41) is 3.34. The maximum Gasteiger partial charge on any atom is 0.251 e. The van der Waals surface area contributed by atoms with Gasteiger partial charge in [0.2, 0.25) is 0 Å². The van der Waals surface area contributed by atoms with Crippen LogP contribution in [0.15, 0.2) is 24.3 Å². The van der Waals surface area contributed by atoms with Crippen molar-refractivity contribution in [2.75, 3.05) is 32.8 Å². The number of amides is 1. The molecule has 3 rings (SSSR count). The van der Waals surface area contributed by atoms with E-state index in [0.717, 1.165) is 43.9 Å². The van der Waals surface area contributed by atoms with Gasteiger partial charge in [-0.05, 0) is 68.7 Å². The highest BCUT2D eigenvalue weighted by molar-refractivity contribution is 5.94. The number of nitrogens with two attached hydrogens (primary N) is 1. The number of benzene rings is 1. The van der Waals surface area contributed by atoms with E-state index in [1.807, 2.05) is 24.3 Å². The second-order valence-corrected chi connectivity index (χ2v) is 8.45. The van der Waals surface area contributed by atoms with Crippen LogP contribution in [0, 0.1) is 11.8 Å². The monoisotopic (exact) mass is 387 g/mol. The molecule has 1 saturated carbocycles. The minimum Gasteiger partial charge on any atom is -0.381 e. The fraction of sp³-hybridized carbons (Fsp3) is 0.696. The van der Waals surface area contributed by atoms with Crippen LogP contribution >= 0.6 is 0 Å². The Hall–Kier alpha value is -1.43. The van der Waals surface area contributed by atoms with Gasteiger partial charge in [-0.15, -0.1) is 0 Å². The number of ether oxygens (including phenoxy) is 1. The Balaban J connectivity index is 1.55. The van der Waals surface area contributed by atoms with Crippen LogP contribution in [0.1, 0.15) is 61.4 Å². The first-order chi connectivity index (χ1) is 13.7. The number of hydrogen-bond acceptors (Lipinski definition) is 4. The number of nitrogens with zero attached hydrogens (tertiary/aromatic N) is 1. The lowest BCUT2D eigenvalue weighted by molar-refractivity contribution is 0.0548. The van der Waals surface area contributed by atoms with Gasteiger partial charge in [-0.3, -0.25) is 4.79 Å². The zero-order valence-electron chi connectivity index (χ0n) is 17.4. The summed E-state index contributed by atoms with van der Waals surface area (Å²) < 4.78 is 5.66. The Bertz CT molecular complexity index is 604. The summed E-state index contributed by atoms with van der Waals surface area (Å²) in [4.78, 5) is 15.4. The molecule has 1 amide bonds. The largest absolute Gasteiger partial charge is 0.381 e. The lowest BCUT2D eigenvalue weighted by atomic mass is 9.83. The van der Waals surface area contributed by atoms with Crippen molar-refractivity contribution < 1.29 is 9.53 Å². The molecule has 3 atom stereocenters. The Morgan fingerprint density at radius 2 is 1.96 bits per heavy atom. The molecule has 28 heavy (non-hydrogen) atoms. The molecule has 5 nitrogen and oxygen atoms in total. The SMILES string of the molecule is CCOC[C@@H]1CCCN(C[C@H]2CCCC[C@@H]2NC(=O)c2ccc(CN)cc2)C1. The molecule has 1 aliphatic heterocycles. The van der Waals surface area contributed by atoms with Gasteiger partial charge in [0.15, 0.2) is 0 Å². The first-order valence-corrected chi connectivity index (χ1v) is 11.1. The van der Waals surface area contributed by atoms with Crippen LogP contribution in [0.4, 0.5) is 0 Å². The summed E-state index contributed by atoms with van der Waals surface area (Å²) in [6, 6.07) is 7.94. The normalized spacial score (nSPS) is 26.1. The molecular weight excluding hydrogens is 350 g/mol. The summed E-state index contributed by atoms with van der Waals surface area (Å²) in [5.41, 5.74) is 7.44. The van der Waals surface area contributed by atoms with Gasteiger partial charge in [0, 0.05) is 37.8 Å². The predicted octanol–water partition coefficient (Wildman–Crippen LogP) is 3.18. The fourth-order valence-electron chi connectivity index (χ4n) is 4.73. The van der Waals surface area contributed by atoms with Crippen molar-refractivity contribution in [3.8, 4) is 0 Å². The van der Waals surface area contributed by atoms with Gasteiger partial charge in [0.1, 0.15) is 0 Å². The van der Waals surface area contributed by atoms with Crippen LogP contribution in [-0.4, -0.2) is 49.7 Å². The highest BCUT2D eigenvalue weighted by atomic mass is 16.5. The van der Waals surface area contributed by atoms with E-state index in [1.54, 1.807) is 0 Å². The van der Waals surface area contributed by atoms with Crippen molar-refractivity contribution in [1.82, 2.24) is 10.2 Å². The third-order valence-corrected chi connectivity index (χ3v) is 6.33. The zero-order chi connectivity index (χ0) is 19.8. The van der Waals surface area contributed by atoms with Crippen molar-refractivity contribution in [2.45, 2.75) is 58.0 Å². The van der Waals surface area contributed by atoms with Gasteiger partial charge >= 0.3 is 0 Å². The fourth-order valence-corrected chi connectivity index (χ4v) is 4.73. The molecule has 156 valence electrons. The minimum absolute atomic E-state index is 0.0494. The highest BCUT2D eigenvalue weighted by Gasteiger charge is 2.30. The second kappa shape index (κ2) is 10.9. The molecular formula is C23H37N3O2. The average molecular weight is 388 g/mol. The Morgan fingerprint density at radius 3 is 2.71 bits per heavy atom. The molecule has 1 heterocycles. The Kier molecular flexibility index (Phi) is 8.31. The lowest BCUT2D eigenvalue weighted by Gasteiger charge is -2.39. The van der Waals surface area contributed by atoms with Gasteiger partial charge in [0.25, 0.3) is 5.91 Å². The maximum absolute atomic E-state index is 12.7. The van der Waals surface area contributed by atoms with E-state index in [-0.39, 0.29) is 11.9 Å². The maximum atomic E-state index is 12.7. The van der Waals surface area contributed by atoms with E-state index in [2.05, 4.69) is 17.1 Å². The van der Waals surface area contributed by atoms with Gasteiger partial charge < -0.3 is 20.7 Å². The number of hydrogen-bond donors (Lipinski definition) is 2. The first-order valence-electron chi connectivity index (χ1n) is 11.1.